The van der Waals surface area contributed by atoms with Gasteiger partial charge in [-0.3, -0.25) is 29.4 Å². The van der Waals surface area contributed by atoms with Gasteiger partial charge in [-0.2, -0.15) is 36.3 Å². The largest absolute Gasteiger partial charge is 0.318 e. The van der Waals surface area contributed by atoms with Crippen molar-refractivity contribution in [2.45, 2.75) is 65.3 Å². The first-order chi connectivity index (χ1) is 15.8. The number of carbonyl (C=O) groups excluding carboxylic acids is 4. The average molecular weight is 724 g/mol. The van der Waals surface area contributed by atoms with E-state index >= 15 is 0 Å². The molecule has 2 saturated carbocycles. The number of hydrogen-bond donors (Lipinski definition) is 2. The van der Waals surface area contributed by atoms with E-state index in [0.29, 0.717) is 24.0 Å². The zero-order chi connectivity index (χ0) is 23.8. The maximum Gasteiger partial charge on any atom is 0.259 e. The molecule has 2 heterocycles. The fourth-order valence-corrected chi connectivity index (χ4v) is 5.26. The van der Waals surface area contributed by atoms with Crippen molar-refractivity contribution < 1.29 is 73.0 Å². The smallest absolute Gasteiger partial charge is 0.259 e. The quantitative estimate of drug-likeness (QED) is 0.268. The first kappa shape index (κ1) is 30.3. The number of hydrogen-bond acceptors (Lipinski definition) is 5. The minimum Gasteiger partial charge on any atom is -0.318 e. The number of piperidine rings is 1. The molecule has 35 heavy (non-hydrogen) atoms. The number of nitrogens with zero attached hydrogens (tertiary/aromatic N) is 1. The third kappa shape index (κ3) is 6.52. The van der Waals surface area contributed by atoms with Gasteiger partial charge in [-0.15, -0.1) is 12.1 Å². The Labute approximate surface area is 247 Å². The van der Waals surface area contributed by atoms with Crippen LogP contribution >= 0.6 is 0 Å². The zero-order valence-electron chi connectivity index (χ0n) is 20.7. The van der Waals surface area contributed by atoms with E-state index in [2.05, 4.69) is 24.5 Å². The van der Waals surface area contributed by atoms with Crippen LogP contribution in [-0.4, -0.2) is 48.2 Å². The Hall–Kier alpha value is -0.878. The van der Waals surface area contributed by atoms with Crippen LogP contribution in [0.2, 0.25) is 0 Å². The van der Waals surface area contributed by atoms with Gasteiger partial charge in [0.25, 0.3) is 5.91 Å². The van der Waals surface area contributed by atoms with Crippen LogP contribution in [0.3, 0.4) is 0 Å². The number of rotatable bonds is 6. The van der Waals surface area contributed by atoms with Crippen molar-refractivity contribution in [1.82, 2.24) is 15.5 Å². The van der Waals surface area contributed by atoms with Crippen LogP contribution in [0.4, 0.5) is 0 Å². The van der Waals surface area contributed by atoms with Gasteiger partial charge in [-0.25, -0.2) is 0 Å². The Morgan fingerprint density at radius 3 is 2.37 bits per heavy atom. The SMILES string of the molecule is CC(CCC(=O)NC=O)N1C(=O)c2ccc([C-]3CCNCC3)cc2C1=O.C[C-]1CC12CC2C.[W].[Y]. The van der Waals surface area contributed by atoms with E-state index in [0.717, 1.165) is 42.8 Å². The number of benzene rings is 1. The van der Waals surface area contributed by atoms with Gasteiger partial charge in [0.05, 0.1) is 0 Å². The van der Waals surface area contributed by atoms with Gasteiger partial charge >= 0.3 is 0 Å². The molecule has 1 spiro atoms. The van der Waals surface area contributed by atoms with E-state index in [1.54, 1.807) is 18.9 Å². The van der Waals surface area contributed by atoms with Crippen molar-refractivity contribution in [2.24, 2.45) is 11.3 Å². The fourth-order valence-electron chi connectivity index (χ4n) is 5.26. The monoisotopic (exact) mass is 724 g/mol. The number of nitrogens with one attached hydrogen (secondary N) is 2. The molecular weight excluding hydrogens is 691 g/mol. The van der Waals surface area contributed by atoms with Gasteiger partial charge in [-0.05, 0) is 32.0 Å². The molecule has 3 atom stereocenters. The summed E-state index contributed by atoms with van der Waals surface area (Å²) in [4.78, 5) is 48.3. The third-order valence-corrected chi connectivity index (χ3v) is 7.74. The normalized spacial score (nSPS) is 24.9. The minimum absolute atomic E-state index is 0. The van der Waals surface area contributed by atoms with Crippen molar-refractivity contribution in [3.8, 4) is 0 Å². The van der Waals surface area contributed by atoms with Crippen LogP contribution in [0.5, 0.6) is 0 Å². The van der Waals surface area contributed by atoms with Crippen LogP contribution in [0.15, 0.2) is 18.2 Å². The van der Waals surface area contributed by atoms with Crippen LogP contribution in [0, 0.1) is 23.2 Å². The summed E-state index contributed by atoms with van der Waals surface area (Å²) < 4.78 is 0. The summed E-state index contributed by atoms with van der Waals surface area (Å²) in [6.45, 7) is 8.23. The maximum absolute atomic E-state index is 12.8. The molecule has 9 heteroatoms. The minimum atomic E-state index is -0.423. The van der Waals surface area contributed by atoms with Gasteiger partial charge in [0.2, 0.25) is 18.2 Å². The molecule has 3 unspecified atom stereocenters. The maximum atomic E-state index is 12.8. The van der Waals surface area contributed by atoms with Crippen LogP contribution in [-0.2, 0) is 63.4 Å². The fraction of sp³-hybridized carbons (Fsp3) is 0.538. The van der Waals surface area contributed by atoms with Crippen LogP contribution < -0.4 is 10.6 Å². The van der Waals surface area contributed by atoms with Crippen molar-refractivity contribution >= 4 is 24.1 Å². The molecule has 2 aliphatic carbocycles. The van der Waals surface area contributed by atoms with E-state index < -0.39 is 11.9 Å². The van der Waals surface area contributed by atoms with Gasteiger partial charge < -0.3 is 11.2 Å². The number of fused-ring (bicyclic) bond motifs is 1. The van der Waals surface area contributed by atoms with E-state index in [4.69, 9.17) is 0 Å². The Kier molecular flexibility index (Phi) is 10.9. The summed E-state index contributed by atoms with van der Waals surface area (Å²) in [6, 6.07) is 5.04. The topological polar surface area (TPSA) is 95.6 Å². The molecule has 1 aromatic carbocycles. The molecular formula is C26H33N3O4WY-2. The molecule has 0 aromatic heterocycles. The summed E-state index contributed by atoms with van der Waals surface area (Å²) in [7, 11) is 0. The van der Waals surface area contributed by atoms with Crippen molar-refractivity contribution in [1.29, 1.82) is 0 Å². The number of carbonyl (C=O) groups is 4. The predicted octanol–water partition coefficient (Wildman–Crippen LogP) is 3.04. The van der Waals surface area contributed by atoms with E-state index in [-0.39, 0.29) is 72.0 Å². The standard InChI is InChI=1S/C19H22N3O4.C7H11.W.Y/c1-12(2-5-17(24)21-11-23)22-18(25)15-4-3-14(10-16(15)19(22)26)13-6-8-20-9-7-13;1-5-3-7(5)4-6(7)2;;/h3-4,10-12,20H,2,5-9H2,1H3,(H,21,23,24);5H,3-4H2,1-2H3;;/q2*-1;;. The first-order valence-electron chi connectivity index (χ1n) is 11.9. The van der Waals surface area contributed by atoms with Crippen molar-refractivity contribution in [3.63, 3.8) is 0 Å². The van der Waals surface area contributed by atoms with Gasteiger partial charge in [0, 0.05) is 71.8 Å². The molecule has 4 aliphatic rings. The molecule has 3 fully saturated rings. The summed E-state index contributed by atoms with van der Waals surface area (Å²) in [6.07, 6.45) is 5.53. The Morgan fingerprint density at radius 1 is 1.26 bits per heavy atom. The van der Waals surface area contributed by atoms with E-state index in [1.165, 1.54) is 23.7 Å². The third-order valence-electron chi connectivity index (χ3n) is 7.74. The van der Waals surface area contributed by atoms with E-state index in [9.17, 15) is 19.2 Å². The Morgan fingerprint density at radius 2 is 1.86 bits per heavy atom. The molecule has 4 amide bonds. The van der Waals surface area contributed by atoms with Crippen LogP contribution in [0.1, 0.15) is 85.6 Å². The summed E-state index contributed by atoms with van der Waals surface area (Å²) in [5.74, 6) is 3.05. The summed E-state index contributed by atoms with van der Waals surface area (Å²) >= 11 is 0. The van der Waals surface area contributed by atoms with Gasteiger partial charge in [-0.1, -0.05) is 32.1 Å². The van der Waals surface area contributed by atoms with Gasteiger partial charge in [0.15, 0.2) is 0 Å². The van der Waals surface area contributed by atoms with Crippen molar-refractivity contribution in [3.05, 3.63) is 46.7 Å². The Balaban J connectivity index is 0.000000408. The second kappa shape index (κ2) is 12.6. The summed E-state index contributed by atoms with van der Waals surface area (Å²) in [5, 5.41) is 5.36. The molecule has 0 bridgehead atoms. The second-order valence-corrected chi connectivity index (χ2v) is 9.89. The Bertz CT molecular complexity index is 952. The molecule has 2 aliphatic heterocycles. The average Bonchev–Trinajstić information content (AvgIpc) is 3.64. The molecule has 5 rings (SSSR count). The van der Waals surface area contributed by atoms with Crippen LogP contribution in [0.25, 0.3) is 0 Å². The predicted molar refractivity (Wildman–Crippen MR) is 124 cm³/mol. The van der Waals surface area contributed by atoms with Crippen molar-refractivity contribution in [2.75, 3.05) is 13.1 Å². The van der Waals surface area contributed by atoms with Gasteiger partial charge in [0.1, 0.15) is 0 Å². The first-order valence-corrected chi connectivity index (χ1v) is 11.9. The summed E-state index contributed by atoms with van der Waals surface area (Å²) in [5.41, 5.74) is 2.70. The zero-order valence-corrected chi connectivity index (χ0v) is 26.5. The molecule has 1 radical (unpaired) electrons. The molecule has 1 aromatic rings. The van der Waals surface area contributed by atoms with E-state index in [1.807, 2.05) is 12.1 Å². The molecule has 7 nitrogen and oxygen atoms in total. The molecule has 1 saturated heterocycles. The molecule has 2 N–H and O–H groups in total. The number of imide groups is 2. The molecule has 187 valence electrons. The second-order valence-electron chi connectivity index (χ2n) is 9.89. The number of amides is 4.